The molecule has 2 aromatic rings. The van der Waals surface area contributed by atoms with Gasteiger partial charge in [0.2, 0.25) is 0 Å². The molecule has 3 aliphatic rings. The summed E-state index contributed by atoms with van der Waals surface area (Å²) in [4.78, 5) is 32.7. The normalized spacial score (nSPS) is 27.1. The maximum atomic E-state index is 13.1. The van der Waals surface area contributed by atoms with Gasteiger partial charge in [-0.3, -0.25) is 14.0 Å². The lowest BCUT2D eigenvalue weighted by molar-refractivity contribution is 0.0905. The van der Waals surface area contributed by atoms with Crippen molar-refractivity contribution in [3.8, 4) is 0 Å². The number of pyridine rings is 1. The molecule has 2 atom stereocenters. The van der Waals surface area contributed by atoms with Crippen LogP contribution < -0.4 is 10.6 Å². The quantitative estimate of drug-likeness (QED) is 0.640. The van der Waals surface area contributed by atoms with Gasteiger partial charge in [0.05, 0.1) is 0 Å². The first-order valence-electron chi connectivity index (χ1n) is 12.1. The number of nitrogens with zero attached hydrogens (tertiary/aromatic N) is 3. The van der Waals surface area contributed by atoms with E-state index in [0.29, 0.717) is 23.6 Å². The molecule has 33 heavy (non-hydrogen) atoms. The zero-order valence-electron chi connectivity index (χ0n) is 19.3. The predicted molar refractivity (Wildman–Crippen MR) is 127 cm³/mol. The van der Waals surface area contributed by atoms with E-state index in [4.69, 9.17) is 0 Å². The summed E-state index contributed by atoms with van der Waals surface area (Å²) in [6.07, 6.45) is 10.1. The molecule has 2 amide bonds. The van der Waals surface area contributed by atoms with Crippen LogP contribution in [0, 0.1) is 17.3 Å². The molecule has 2 saturated carbocycles. The first-order valence-corrected chi connectivity index (χ1v) is 12.1. The molecule has 1 saturated heterocycles. The van der Waals surface area contributed by atoms with Crippen LogP contribution in [0.3, 0.4) is 0 Å². The van der Waals surface area contributed by atoms with Crippen molar-refractivity contribution in [1.82, 2.24) is 24.9 Å². The van der Waals surface area contributed by atoms with Crippen molar-refractivity contribution in [2.75, 3.05) is 26.7 Å². The van der Waals surface area contributed by atoms with E-state index >= 15 is 0 Å². The molecule has 0 bridgehead atoms. The minimum absolute atomic E-state index is 0.107. The number of nitrogens with one attached hydrogen (secondary N) is 2. The van der Waals surface area contributed by atoms with E-state index in [1.165, 1.54) is 6.42 Å². The maximum absolute atomic E-state index is 13.1. The van der Waals surface area contributed by atoms with Crippen LogP contribution in [0.25, 0.3) is 5.65 Å². The van der Waals surface area contributed by atoms with Crippen molar-refractivity contribution in [2.45, 2.75) is 44.6 Å². The van der Waals surface area contributed by atoms with Gasteiger partial charge >= 0.3 is 0 Å². The topological polar surface area (TPSA) is 78.7 Å². The van der Waals surface area contributed by atoms with Crippen LogP contribution in [0.4, 0.5) is 0 Å². The largest absolute Gasteiger partial charge is 0.350 e. The Balaban J connectivity index is 1.28. The van der Waals surface area contributed by atoms with Crippen LogP contribution >= 0.6 is 0 Å². The summed E-state index contributed by atoms with van der Waals surface area (Å²) < 4.78 is 1.72. The van der Waals surface area contributed by atoms with Gasteiger partial charge in [0.1, 0.15) is 17.0 Å². The number of amides is 2. The average molecular weight is 448 g/mol. The molecule has 7 heteroatoms. The van der Waals surface area contributed by atoms with Gasteiger partial charge in [-0.05, 0) is 94.1 Å². The van der Waals surface area contributed by atoms with Gasteiger partial charge in [-0.1, -0.05) is 12.6 Å². The van der Waals surface area contributed by atoms with E-state index in [2.05, 4.69) is 39.9 Å². The number of fused-ring (bicyclic) bond motifs is 2. The third-order valence-electron chi connectivity index (χ3n) is 7.77. The average Bonchev–Trinajstić information content (AvgIpc) is 3.22. The van der Waals surface area contributed by atoms with E-state index in [-0.39, 0.29) is 23.3 Å². The third kappa shape index (κ3) is 4.61. The molecule has 2 aromatic heterocycles. The second kappa shape index (κ2) is 8.81. The number of rotatable bonds is 7. The fraction of sp³-hybridized carbons (Fsp3) is 0.538. The van der Waals surface area contributed by atoms with Gasteiger partial charge in [0.25, 0.3) is 11.8 Å². The number of hydrogen-bond donors (Lipinski definition) is 2. The molecule has 0 radical (unpaired) electrons. The standard InChI is InChI=1S/C26H33N5O2/c1-3-4-10-26(14-18-13-19(18)15-26)17-27-25(33)22-6-5-7-23-29-21(16-31(22)23)24(32)28-20-8-11-30(2)12-9-20/h4-7,16,18-20H,1,8-15,17H2,2H3,(H,27,33)(H,28,32). The van der Waals surface area contributed by atoms with Crippen molar-refractivity contribution in [3.05, 3.63) is 54.2 Å². The Morgan fingerprint density at radius 3 is 2.73 bits per heavy atom. The van der Waals surface area contributed by atoms with Crippen LogP contribution in [0.15, 0.2) is 42.8 Å². The predicted octanol–water partition coefficient (Wildman–Crippen LogP) is 3.04. The molecule has 2 unspecified atom stereocenters. The van der Waals surface area contributed by atoms with Gasteiger partial charge in [0.15, 0.2) is 0 Å². The van der Waals surface area contributed by atoms with Gasteiger partial charge in [-0.2, -0.15) is 0 Å². The molecule has 2 aliphatic carbocycles. The number of carbonyl (C=O) groups is 2. The number of hydrogen-bond acceptors (Lipinski definition) is 4. The van der Waals surface area contributed by atoms with Crippen molar-refractivity contribution in [2.24, 2.45) is 17.3 Å². The molecule has 2 N–H and O–H groups in total. The minimum Gasteiger partial charge on any atom is -0.350 e. The zero-order valence-corrected chi connectivity index (χ0v) is 19.3. The van der Waals surface area contributed by atoms with E-state index in [1.807, 2.05) is 18.2 Å². The van der Waals surface area contributed by atoms with Gasteiger partial charge in [-0.25, -0.2) is 4.98 Å². The molecule has 7 nitrogen and oxygen atoms in total. The third-order valence-corrected chi connectivity index (χ3v) is 7.77. The Labute approximate surface area is 194 Å². The molecule has 1 aliphatic heterocycles. The first kappa shape index (κ1) is 21.9. The highest BCUT2D eigenvalue weighted by atomic mass is 16.2. The molecule has 0 spiro atoms. The summed E-state index contributed by atoms with van der Waals surface area (Å²) in [7, 11) is 2.10. The number of carbonyl (C=O) groups excluding carboxylic acids is 2. The smallest absolute Gasteiger partial charge is 0.271 e. The summed E-state index contributed by atoms with van der Waals surface area (Å²) in [6.45, 7) is 6.30. The lowest BCUT2D eigenvalue weighted by Crippen LogP contribution is -2.43. The van der Waals surface area contributed by atoms with Crippen LogP contribution in [-0.4, -0.2) is 58.8 Å². The van der Waals surface area contributed by atoms with Crippen molar-refractivity contribution in [1.29, 1.82) is 0 Å². The number of likely N-dealkylation sites (tertiary alicyclic amines) is 1. The highest BCUT2D eigenvalue weighted by Gasteiger charge is 2.53. The van der Waals surface area contributed by atoms with E-state index in [1.54, 1.807) is 16.7 Å². The molecule has 3 fully saturated rings. The Kier molecular flexibility index (Phi) is 5.85. The molecule has 3 heterocycles. The van der Waals surface area contributed by atoms with E-state index in [9.17, 15) is 9.59 Å². The number of imidazole rings is 1. The van der Waals surface area contributed by atoms with E-state index in [0.717, 1.165) is 57.0 Å². The maximum Gasteiger partial charge on any atom is 0.271 e. The summed E-state index contributed by atoms with van der Waals surface area (Å²) in [5.41, 5.74) is 4.44. The molecular weight excluding hydrogens is 414 g/mol. The van der Waals surface area contributed by atoms with Crippen LogP contribution in [0.1, 0.15) is 59.5 Å². The first-order chi connectivity index (χ1) is 16.0. The van der Waals surface area contributed by atoms with Gasteiger partial charge in [0, 0.05) is 18.8 Å². The molecule has 5 rings (SSSR count). The Hall–Kier alpha value is -2.89. The Morgan fingerprint density at radius 1 is 1.24 bits per heavy atom. The highest BCUT2D eigenvalue weighted by Crippen LogP contribution is 2.61. The fourth-order valence-electron chi connectivity index (χ4n) is 5.75. The van der Waals surface area contributed by atoms with E-state index < -0.39 is 0 Å². The summed E-state index contributed by atoms with van der Waals surface area (Å²) >= 11 is 0. The van der Waals surface area contributed by atoms with Crippen molar-refractivity contribution >= 4 is 17.5 Å². The van der Waals surface area contributed by atoms with Gasteiger partial charge in [-0.15, -0.1) is 5.73 Å². The SMILES string of the molecule is C=C=CCC1(CNC(=O)c2cccc3nc(C(=O)NC4CCN(C)CC4)cn23)CC2CC2C1. The van der Waals surface area contributed by atoms with Crippen molar-refractivity contribution < 1.29 is 9.59 Å². The fourth-order valence-corrected chi connectivity index (χ4v) is 5.75. The number of aromatic nitrogens is 2. The lowest BCUT2D eigenvalue weighted by Gasteiger charge is -2.30. The Bertz CT molecular complexity index is 1100. The van der Waals surface area contributed by atoms with Crippen LogP contribution in [-0.2, 0) is 0 Å². The highest BCUT2D eigenvalue weighted by molar-refractivity contribution is 5.95. The molecule has 0 aromatic carbocycles. The van der Waals surface area contributed by atoms with Gasteiger partial charge < -0.3 is 15.5 Å². The summed E-state index contributed by atoms with van der Waals surface area (Å²) in [5, 5.41) is 6.28. The minimum atomic E-state index is -0.181. The zero-order chi connectivity index (χ0) is 23.0. The number of piperidine rings is 1. The molecule has 174 valence electrons. The second-order valence-corrected chi connectivity index (χ2v) is 10.3. The van der Waals surface area contributed by atoms with Crippen LogP contribution in [0.2, 0.25) is 0 Å². The Morgan fingerprint density at radius 2 is 2.00 bits per heavy atom. The van der Waals surface area contributed by atoms with Crippen molar-refractivity contribution in [3.63, 3.8) is 0 Å². The van der Waals surface area contributed by atoms with Crippen LogP contribution in [0.5, 0.6) is 0 Å². The number of allylic oxidation sites excluding steroid dienone is 1. The monoisotopic (exact) mass is 447 g/mol. The second-order valence-electron chi connectivity index (χ2n) is 10.3. The summed E-state index contributed by atoms with van der Waals surface area (Å²) in [6, 6.07) is 5.59. The summed E-state index contributed by atoms with van der Waals surface area (Å²) in [5.74, 6) is 1.33. The lowest BCUT2D eigenvalue weighted by atomic mass is 9.79. The molecular formula is C26H33N5O2.